The first-order chi connectivity index (χ1) is 3.39. The molecule has 0 aliphatic heterocycles. The molecule has 1 aromatic heterocycles. The van der Waals surface area contributed by atoms with Crippen LogP contribution in [0.1, 0.15) is 0 Å². The van der Waals surface area contributed by atoms with E-state index in [9.17, 15) is 0 Å². The topological polar surface area (TPSA) is 35.2 Å². The average molecular weight is 92.1 g/mol. The number of nitrogens with zero attached hydrogens (tertiary/aromatic N) is 2. The van der Waals surface area contributed by atoms with Crippen molar-refractivity contribution in [3.8, 4) is 0 Å². The van der Waals surface area contributed by atoms with Crippen molar-refractivity contribution in [3.05, 3.63) is 24.5 Å². The Morgan fingerprint density at radius 1 is 1.29 bits per heavy atom. The predicted octanol–water partition coefficient (Wildman–Crippen LogP) is 0.782. The molecule has 1 heterocycles. The maximum Gasteiger partial charge on any atom is 0.0887 e. The summed E-state index contributed by atoms with van der Waals surface area (Å²) in [5.74, 6) is 0. The van der Waals surface area contributed by atoms with E-state index in [2.05, 4.69) is 4.98 Å². The molecule has 2 heteroatoms. The van der Waals surface area contributed by atoms with E-state index in [1.165, 1.54) is 24.5 Å². The van der Waals surface area contributed by atoms with Gasteiger partial charge in [-0.1, -0.05) is 0 Å². The van der Waals surface area contributed by atoms with Crippen LogP contribution in [0.5, 0.6) is 0 Å². The third-order valence-electron chi connectivity index (χ3n) is 0.663. The van der Waals surface area contributed by atoms with Crippen molar-refractivity contribution in [3.63, 3.8) is 0 Å². The molecule has 0 N–H and O–H groups in total. The quantitative estimate of drug-likeness (QED) is 0.465. The first-order valence-electron chi connectivity index (χ1n) is 1.98. The molecule has 0 amide bonds. The van der Waals surface area contributed by atoms with Crippen molar-refractivity contribution in [2.45, 2.75) is 0 Å². The van der Waals surface area contributed by atoms with Gasteiger partial charge in [0.05, 0.1) is 5.69 Å². The van der Waals surface area contributed by atoms with E-state index in [0.29, 0.717) is 0 Å². The lowest BCUT2D eigenvalue weighted by Gasteiger charge is -1.78. The van der Waals surface area contributed by atoms with Crippen LogP contribution in [-0.4, -0.2) is 4.98 Å². The highest BCUT2D eigenvalue weighted by Gasteiger charge is 1.77. The number of hydrogen-bond donors (Lipinski definition) is 0. The second-order valence-corrected chi connectivity index (χ2v) is 1.21. The summed E-state index contributed by atoms with van der Waals surface area (Å²) in [6, 6.07) is 3.06. The van der Waals surface area contributed by atoms with E-state index in [4.69, 9.17) is 5.73 Å². The standard InChI is InChI=1S/C5H4N2/c6-5-1-3-7-4-2-5/h1-4H. The molecule has 1 aromatic rings. The maximum atomic E-state index is 8.59. The van der Waals surface area contributed by atoms with Crippen LogP contribution in [0, 0.1) is 0 Å². The molecular formula is C5H4N2. The second kappa shape index (κ2) is 1.60. The Bertz CT molecular complexity index is 136. The molecule has 0 spiro atoms. The van der Waals surface area contributed by atoms with E-state index in [1.807, 2.05) is 0 Å². The van der Waals surface area contributed by atoms with Crippen LogP contribution in [0.2, 0.25) is 0 Å². The van der Waals surface area contributed by atoms with Crippen LogP contribution < -0.4 is 5.73 Å². The second-order valence-electron chi connectivity index (χ2n) is 1.21. The largest absolute Gasteiger partial charge is 0.265 e. The van der Waals surface area contributed by atoms with E-state index in [0.717, 1.165) is 0 Å². The van der Waals surface area contributed by atoms with Gasteiger partial charge in [-0.25, -0.2) is 0 Å². The zero-order valence-electron chi connectivity index (χ0n) is 3.70. The number of rotatable bonds is 0. The molecule has 34 valence electrons. The van der Waals surface area contributed by atoms with Crippen LogP contribution in [0.4, 0.5) is 5.69 Å². The summed E-state index contributed by atoms with van der Waals surface area (Å²) in [4.78, 5) is 3.69. The molecule has 0 bridgehead atoms. The Kier molecular flexibility index (Phi) is 0.941. The van der Waals surface area contributed by atoms with Crippen LogP contribution in [-0.2, 0) is 0 Å². The van der Waals surface area contributed by atoms with Crippen LogP contribution in [0.15, 0.2) is 24.5 Å². The lowest BCUT2D eigenvalue weighted by Crippen LogP contribution is -1.67. The highest BCUT2D eigenvalue weighted by atomic mass is 14.6. The van der Waals surface area contributed by atoms with Gasteiger partial charge >= 0.3 is 0 Å². The SMILES string of the molecule is [N]c1ccncc1. The number of aromatic nitrogens is 1. The summed E-state index contributed by atoms with van der Waals surface area (Å²) in [6.07, 6.45) is 3.07. The average Bonchev–Trinajstić information content (AvgIpc) is 1.69. The van der Waals surface area contributed by atoms with E-state index in [1.54, 1.807) is 0 Å². The molecule has 0 saturated carbocycles. The van der Waals surface area contributed by atoms with Gasteiger partial charge in [0, 0.05) is 12.4 Å². The van der Waals surface area contributed by atoms with E-state index >= 15 is 0 Å². The Morgan fingerprint density at radius 2 is 1.86 bits per heavy atom. The Morgan fingerprint density at radius 3 is 2.14 bits per heavy atom. The van der Waals surface area contributed by atoms with Gasteiger partial charge in [0.2, 0.25) is 0 Å². The lowest BCUT2D eigenvalue weighted by molar-refractivity contribution is 1.31. The van der Waals surface area contributed by atoms with Crippen molar-refractivity contribution in [1.29, 1.82) is 0 Å². The van der Waals surface area contributed by atoms with Crippen LogP contribution in [0.3, 0.4) is 0 Å². The normalized spacial score (nSPS) is 8.57. The summed E-state index contributed by atoms with van der Waals surface area (Å²) in [7, 11) is 0. The minimum absolute atomic E-state index is 0.259. The van der Waals surface area contributed by atoms with E-state index in [-0.39, 0.29) is 5.69 Å². The molecule has 2 radical (unpaired) electrons. The van der Waals surface area contributed by atoms with Gasteiger partial charge in [-0.05, 0) is 12.1 Å². The molecule has 7 heavy (non-hydrogen) atoms. The minimum atomic E-state index is 0.259. The third kappa shape index (κ3) is 0.892. The summed E-state index contributed by atoms with van der Waals surface area (Å²) in [6.45, 7) is 0. The zero-order chi connectivity index (χ0) is 5.11. The van der Waals surface area contributed by atoms with Crippen molar-refractivity contribution in [2.24, 2.45) is 0 Å². The van der Waals surface area contributed by atoms with Gasteiger partial charge in [-0.2, -0.15) is 5.73 Å². The minimum Gasteiger partial charge on any atom is -0.265 e. The zero-order valence-corrected chi connectivity index (χ0v) is 3.70. The fourth-order valence-corrected chi connectivity index (χ4v) is 0.344. The Balaban J connectivity index is 3.02. The monoisotopic (exact) mass is 92.0 g/mol. The molecule has 0 aliphatic carbocycles. The van der Waals surface area contributed by atoms with Gasteiger partial charge in [0.25, 0.3) is 0 Å². The van der Waals surface area contributed by atoms with Gasteiger partial charge in [-0.15, -0.1) is 0 Å². The lowest BCUT2D eigenvalue weighted by atomic mass is 10.4. The summed E-state index contributed by atoms with van der Waals surface area (Å²) >= 11 is 0. The number of hydrogen-bond acceptors (Lipinski definition) is 1. The Labute approximate surface area is 42.0 Å². The molecule has 1 rings (SSSR count). The molecule has 0 atom stereocenters. The third-order valence-corrected chi connectivity index (χ3v) is 0.663. The van der Waals surface area contributed by atoms with Gasteiger partial charge in [-0.3, -0.25) is 4.98 Å². The van der Waals surface area contributed by atoms with Crippen LogP contribution >= 0.6 is 0 Å². The first kappa shape index (κ1) is 4.12. The molecule has 0 aliphatic rings. The molecule has 0 unspecified atom stereocenters. The first-order valence-corrected chi connectivity index (χ1v) is 1.98. The Hall–Kier alpha value is -1.05. The van der Waals surface area contributed by atoms with Crippen LogP contribution in [0.25, 0.3) is 0 Å². The van der Waals surface area contributed by atoms with Gasteiger partial charge in [0.15, 0.2) is 0 Å². The van der Waals surface area contributed by atoms with Crippen molar-refractivity contribution >= 4 is 5.69 Å². The molecule has 0 fully saturated rings. The summed E-state index contributed by atoms with van der Waals surface area (Å²) < 4.78 is 0. The highest BCUT2D eigenvalue weighted by Crippen LogP contribution is 1.95. The van der Waals surface area contributed by atoms with Gasteiger partial charge in [0.1, 0.15) is 0 Å². The maximum absolute atomic E-state index is 8.59. The summed E-state index contributed by atoms with van der Waals surface area (Å²) in [5, 5.41) is 0. The van der Waals surface area contributed by atoms with Crippen molar-refractivity contribution < 1.29 is 0 Å². The molecule has 0 aromatic carbocycles. The van der Waals surface area contributed by atoms with Gasteiger partial charge < -0.3 is 0 Å². The highest BCUT2D eigenvalue weighted by molar-refractivity contribution is 5.28. The van der Waals surface area contributed by atoms with E-state index < -0.39 is 0 Å². The fraction of sp³-hybridized carbons (Fsp3) is 0. The predicted molar refractivity (Wildman–Crippen MR) is 26.0 cm³/mol. The molecule has 2 nitrogen and oxygen atoms in total. The van der Waals surface area contributed by atoms with Crippen molar-refractivity contribution in [1.82, 2.24) is 10.7 Å². The van der Waals surface area contributed by atoms with Crippen molar-refractivity contribution in [2.75, 3.05) is 0 Å². The molecular weight excluding hydrogens is 88.1 g/mol. The number of pyridine rings is 1. The molecule has 0 saturated heterocycles. The fourth-order valence-electron chi connectivity index (χ4n) is 0.344. The summed E-state index contributed by atoms with van der Waals surface area (Å²) in [5.41, 5.74) is 8.85. The smallest absolute Gasteiger partial charge is 0.0887 e.